The minimum Gasteiger partial charge on any atom is -0.472 e. The van der Waals surface area contributed by atoms with Crippen LogP contribution in [0.5, 0.6) is 0 Å². The van der Waals surface area contributed by atoms with Gasteiger partial charge in [-0.25, -0.2) is 0 Å². The molecule has 104 valence electrons. The minimum absolute atomic E-state index is 0.373. The summed E-state index contributed by atoms with van der Waals surface area (Å²) < 4.78 is 5.07. The number of furan rings is 1. The van der Waals surface area contributed by atoms with Gasteiger partial charge in [-0.15, -0.1) is 0 Å². The van der Waals surface area contributed by atoms with Gasteiger partial charge in [0.1, 0.15) is 0 Å². The highest BCUT2D eigenvalue weighted by molar-refractivity contribution is 5.07. The molecule has 3 N–H and O–H groups in total. The Morgan fingerprint density at radius 3 is 2.50 bits per heavy atom. The second-order valence-corrected chi connectivity index (χ2v) is 5.11. The Labute approximate surface area is 111 Å². The Morgan fingerprint density at radius 2 is 1.89 bits per heavy atom. The first-order valence-corrected chi connectivity index (χ1v) is 7.34. The van der Waals surface area contributed by atoms with Crippen LogP contribution in [0.3, 0.4) is 0 Å². The maximum Gasteiger partial charge on any atom is 0.0935 e. The fourth-order valence-electron chi connectivity index (χ4n) is 2.29. The van der Waals surface area contributed by atoms with E-state index in [9.17, 15) is 0 Å². The van der Waals surface area contributed by atoms with Crippen molar-refractivity contribution in [1.82, 2.24) is 5.43 Å². The molecule has 18 heavy (non-hydrogen) atoms. The van der Waals surface area contributed by atoms with E-state index in [1.54, 1.807) is 12.5 Å². The number of rotatable bonds is 11. The predicted octanol–water partition coefficient (Wildman–Crippen LogP) is 3.79. The van der Waals surface area contributed by atoms with Crippen LogP contribution in [0.15, 0.2) is 23.0 Å². The number of nitrogens with two attached hydrogens (primary N) is 1. The summed E-state index contributed by atoms with van der Waals surface area (Å²) in [5, 5.41) is 0. The third-order valence-electron chi connectivity index (χ3n) is 3.45. The van der Waals surface area contributed by atoms with Crippen LogP contribution in [0.2, 0.25) is 0 Å². The largest absolute Gasteiger partial charge is 0.472 e. The summed E-state index contributed by atoms with van der Waals surface area (Å²) in [6, 6.07) is 2.38. The number of unbranched alkanes of at least 4 members (excludes halogenated alkanes) is 6. The zero-order chi connectivity index (χ0) is 13.1. The molecule has 0 saturated heterocycles. The third-order valence-corrected chi connectivity index (χ3v) is 3.45. The molecule has 1 unspecified atom stereocenters. The lowest BCUT2D eigenvalue weighted by molar-refractivity contribution is 0.456. The SMILES string of the molecule is CCCCCCCCCC(Cc1ccoc1)NN. The summed E-state index contributed by atoms with van der Waals surface area (Å²) in [4.78, 5) is 0. The number of nitrogens with one attached hydrogen (secondary N) is 1. The maximum absolute atomic E-state index is 5.59. The van der Waals surface area contributed by atoms with Crippen LogP contribution in [0, 0.1) is 0 Å². The molecule has 0 radical (unpaired) electrons. The second kappa shape index (κ2) is 10.2. The summed E-state index contributed by atoms with van der Waals surface area (Å²) in [5.74, 6) is 5.59. The average molecular weight is 252 g/mol. The molecule has 3 heteroatoms. The van der Waals surface area contributed by atoms with Crippen molar-refractivity contribution in [1.29, 1.82) is 0 Å². The molecular weight excluding hydrogens is 224 g/mol. The van der Waals surface area contributed by atoms with E-state index < -0.39 is 0 Å². The molecule has 0 aliphatic heterocycles. The molecule has 1 rings (SSSR count). The highest BCUT2D eigenvalue weighted by Gasteiger charge is 2.08. The summed E-state index contributed by atoms with van der Waals surface area (Å²) in [6.07, 6.45) is 15.1. The van der Waals surface area contributed by atoms with Crippen molar-refractivity contribution >= 4 is 0 Å². The monoisotopic (exact) mass is 252 g/mol. The van der Waals surface area contributed by atoms with Gasteiger partial charge < -0.3 is 4.42 Å². The highest BCUT2D eigenvalue weighted by Crippen LogP contribution is 2.12. The van der Waals surface area contributed by atoms with Crippen LogP contribution in [0.4, 0.5) is 0 Å². The molecule has 0 fully saturated rings. The molecule has 0 aliphatic carbocycles. The van der Waals surface area contributed by atoms with Crippen molar-refractivity contribution in [3.63, 3.8) is 0 Å². The highest BCUT2D eigenvalue weighted by atomic mass is 16.3. The van der Waals surface area contributed by atoms with Crippen molar-refractivity contribution in [3.8, 4) is 0 Å². The zero-order valence-corrected chi connectivity index (χ0v) is 11.7. The van der Waals surface area contributed by atoms with Gasteiger partial charge in [-0.1, -0.05) is 51.9 Å². The van der Waals surface area contributed by atoms with Crippen LogP contribution < -0.4 is 11.3 Å². The molecule has 1 aromatic heterocycles. The van der Waals surface area contributed by atoms with Gasteiger partial charge in [0.05, 0.1) is 12.5 Å². The number of hydrogen-bond donors (Lipinski definition) is 2. The van der Waals surface area contributed by atoms with Crippen molar-refractivity contribution < 1.29 is 4.42 Å². The van der Waals surface area contributed by atoms with E-state index >= 15 is 0 Å². The van der Waals surface area contributed by atoms with Crippen LogP contribution >= 0.6 is 0 Å². The van der Waals surface area contributed by atoms with Crippen molar-refractivity contribution in [2.75, 3.05) is 0 Å². The van der Waals surface area contributed by atoms with Gasteiger partial charge in [0.15, 0.2) is 0 Å². The lowest BCUT2D eigenvalue weighted by atomic mass is 10.0. The normalized spacial score (nSPS) is 12.8. The zero-order valence-electron chi connectivity index (χ0n) is 11.7. The number of hydrogen-bond acceptors (Lipinski definition) is 3. The summed E-state index contributed by atoms with van der Waals surface area (Å²) in [7, 11) is 0. The van der Waals surface area contributed by atoms with Crippen molar-refractivity contribution in [2.45, 2.75) is 70.8 Å². The van der Waals surface area contributed by atoms with Crippen LogP contribution in [-0.2, 0) is 6.42 Å². The van der Waals surface area contributed by atoms with Gasteiger partial charge in [0.25, 0.3) is 0 Å². The molecular formula is C15H28N2O. The first kappa shape index (κ1) is 15.3. The smallest absolute Gasteiger partial charge is 0.0935 e. The first-order valence-electron chi connectivity index (χ1n) is 7.34. The van der Waals surface area contributed by atoms with Crippen molar-refractivity contribution in [2.24, 2.45) is 5.84 Å². The quantitative estimate of drug-likeness (QED) is 0.358. The van der Waals surface area contributed by atoms with E-state index in [0.717, 1.165) is 12.8 Å². The molecule has 1 heterocycles. The maximum atomic E-state index is 5.59. The van der Waals surface area contributed by atoms with Crippen molar-refractivity contribution in [3.05, 3.63) is 24.2 Å². The topological polar surface area (TPSA) is 51.2 Å². The number of hydrazine groups is 1. The van der Waals surface area contributed by atoms with Gasteiger partial charge in [-0.05, 0) is 24.5 Å². The van der Waals surface area contributed by atoms with Gasteiger partial charge >= 0.3 is 0 Å². The average Bonchev–Trinajstić information content (AvgIpc) is 2.89. The summed E-state index contributed by atoms with van der Waals surface area (Å²) in [6.45, 7) is 2.26. The first-order chi connectivity index (χ1) is 8.86. The molecule has 0 aliphatic rings. The van der Waals surface area contributed by atoms with Gasteiger partial charge in [0.2, 0.25) is 0 Å². The minimum atomic E-state index is 0.373. The van der Waals surface area contributed by atoms with E-state index in [1.165, 1.54) is 50.5 Å². The molecule has 1 atom stereocenters. The molecule has 0 aromatic carbocycles. The molecule has 0 saturated carbocycles. The standard InChI is InChI=1S/C15H28N2O/c1-2-3-4-5-6-7-8-9-15(17-16)12-14-10-11-18-13-14/h10-11,13,15,17H,2-9,12,16H2,1H3. The Balaban J connectivity index is 2.01. The molecule has 0 spiro atoms. The Bertz CT molecular complexity index is 272. The Hall–Kier alpha value is -0.800. The van der Waals surface area contributed by atoms with Crippen LogP contribution in [-0.4, -0.2) is 6.04 Å². The fraction of sp³-hybridized carbons (Fsp3) is 0.733. The molecule has 0 bridgehead atoms. The lowest BCUT2D eigenvalue weighted by Crippen LogP contribution is -2.36. The van der Waals surface area contributed by atoms with E-state index in [2.05, 4.69) is 12.3 Å². The third kappa shape index (κ3) is 6.82. The van der Waals surface area contributed by atoms with Crippen LogP contribution in [0.1, 0.15) is 63.9 Å². The van der Waals surface area contributed by atoms with E-state index in [-0.39, 0.29) is 0 Å². The van der Waals surface area contributed by atoms with Gasteiger partial charge in [-0.3, -0.25) is 11.3 Å². The van der Waals surface area contributed by atoms with Gasteiger partial charge in [0, 0.05) is 6.04 Å². The van der Waals surface area contributed by atoms with E-state index in [4.69, 9.17) is 10.3 Å². The molecule has 1 aromatic rings. The van der Waals surface area contributed by atoms with Crippen LogP contribution in [0.25, 0.3) is 0 Å². The summed E-state index contributed by atoms with van der Waals surface area (Å²) in [5.41, 5.74) is 4.13. The predicted molar refractivity (Wildman–Crippen MR) is 76.1 cm³/mol. The second-order valence-electron chi connectivity index (χ2n) is 5.11. The molecule has 0 amide bonds. The fourth-order valence-corrected chi connectivity index (χ4v) is 2.29. The van der Waals surface area contributed by atoms with E-state index in [1.807, 2.05) is 6.07 Å². The van der Waals surface area contributed by atoms with Gasteiger partial charge in [-0.2, -0.15) is 0 Å². The molecule has 3 nitrogen and oxygen atoms in total. The lowest BCUT2D eigenvalue weighted by Gasteiger charge is -2.14. The Kier molecular flexibility index (Phi) is 8.61. The summed E-state index contributed by atoms with van der Waals surface area (Å²) >= 11 is 0. The van der Waals surface area contributed by atoms with E-state index in [0.29, 0.717) is 6.04 Å². The Morgan fingerprint density at radius 1 is 1.17 bits per heavy atom.